The van der Waals surface area contributed by atoms with E-state index in [1.807, 2.05) is 0 Å². The summed E-state index contributed by atoms with van der Waals surface area (Å²) in [6.07, 6.45) is 4.25. The Bertz CT molecular complexity index is 553. The van der Waals surface area contributed by atoms with Crippen molar-refractivity contribution in [2.45, 2.75) is 6.04 Å². The van der Waals surface area contributed by atoms with E-state index >= 15 is 0 Å². The Morgan fingerprint density at radius 1 is 1.42 bits per heavy atom. The minimum Gasteiger partial charge on any atom is -0.298 e. The first-order chi connectivity index (χ1) is 8.56. The Balaban J connectivity index is 0.000000555. The van der Waals surface area contributed by atoms with E-state index in [-0.39, 0.29) is 17.3 Å². The Morgan fingerprint density at radius 2 is 1.89 bits per heavy atom. The second-order valence-electron chi connectivity index (χ2n) is 3.53. The molecule has 0 aromatic carbocycles. The zero-order valence-corrected chi connectivity index (χ0v) is 12.2. The normalized spacial score (nSPS) is 18.3. The molecule has 1 atom stereocenters. The number of rotatable bonds is 2. The number of hydrogen-bond donors (Lipinski definition) is 0. The van der Waals surface area contributed by atoms with E-state index in [9.17, 15) is 14.9 Å². The fourth-order valence-corrected chi connectivity index (χ4v) is 1.24. The van der Waals surface area contributed by atoms with Gasteiger partial charge in [-0.2, -0.15) is 8.42 Å². The molecule has 0 saturated heterocycles. The van der Waals surface area contributed by atoms with E-state index in [4.69, 9.17) is 8.42 Å². The van der Waals surface area contributed by atoms with Crippen molar-refractivity contribution >= 4 is 35.6 Å². The lowest BCUT2D eigenvalue weighted by molar-refractivity contribution is -0.419. The minimum absolute atomic E-state index is 0.0820. The van der Waals surface area contributed by atoms with Gasteiger partial charge in [0.2, 0.25) is 0 Å². The molecule has 0 aliphatic heterocycles. The summed E-state index contributed by atoms with van der Waals surface area (Å²) >= 11 is 0. The van der Waals surface area contributed by atoms with E-state index in [1.165, 1.54) is 12.2 Å². The van der Waals surface area contributed by atoms with Crippen molar-refractivity contribution < 1.29 is 18.1 Å². The van der Waals surface area contributed by atoms with Crippen LogP contribution in [0.15, 0.2) is 29.5 Å². The number of allylic oxidation sites excluding steroid dienone is 1. The molecule has 0 bridgehead atoms. The largest absolute Gasteiger partial charge is 0.317 e. The predicted octanol–water partition coefficient (Wildman–Crippen LogP) is 1.11. The van der Waals surface area contributed by atoms with Gasteiger partial charge in [-0.3, -0.25) is 15.0 Å². The average molecular weight is 329 g/mol. The second kappa shape index (κ2) is 7.42. The lowest BCUT2D eigenvalue weighted by atomic mass is 10.0. The molecule has 10 heteroatoms. The third-order valence-corrected chi connectivity index (χ3v) is 1.96. The standard InChI is InChI=1S/C9H10N2O3.Cl2O2S/c1-10(2)9-4-3-8(11(13)14)5-7(9)6-12;1-5(2,3)4/h3-5,9H,1-2H3;. The van der Waals surface area contributed by atoms with Crippen molar-refractivity contribution in [3.8, 4) is 0 Å². The van der Waals surface area contributed by atoms with E-state index < -0.39 is 13.2 Å². The third-order valence-electron chi connectivity index (χ3n) is 1.96. The minimum atomic E-state index is -3.72. The fraction of sp³-hybridized carbons (Fsp3) is 0.333. The molecule has 106 valence electrons. The summed E-state index contributed by atoms with van der Waals surface area (Å²) < 4.78 is 18.3. The summed E-state index contributed by atoms with van der Waals surface area (Å²) in [5.74, 6) is 1.71. The highest BCUT2D eigenvalue weighted by Crippen LogP contribution is 2.17. The average Bonchev–Trinajstić information content (AvgIpc) is 2.25. The van der Waals surface area contributed by atoms with Crippen molar-refractivity contribution in [1.29, 1.82) is 0 Å². The van der Waals surface area contributed by atoms with Gasteiger partial charge >= 0.3 is 8.26 Å². The van der Waals surface area contributed by atoms with Crippen LogP contribution >= 0.6 is 21.4 Å². The van der Waals surface area contributed by atoms with Gasteiger partial charge in [0.25, 0.3) is 5.70 Å². The zero-order chi connectivity index (χ0) is 15.2. The van der Waals surface area contributed by atoms with Crippen LogP contribution in [0, 0.1) is 10.1 Å². The first kappa shape index (κ1) is 17.8. The number of nitrogens with zero attached hydrogens (tertiary/aromatic N) is 2. The molecule has 0 spiro atoms. The second-order valence-corrected chi connectivity index (χ2v) is 7.20. The Kier molecular flexibility index (Phi) is 6.96. The highest BCUT2D eigenvalue weighted by molar-refractivity contribution is 8.31. The van der Waals surface area contributed by atoms with Crippen LogP contribution in [0.25, 0.3) is 0 Å². The van der Waals surface area contributed by atoms with Crippen molar-refractivity contribution in [1.82, 2.24) is 4.90 Å². The maximum atomic E-state index is 10.6. The van der Waals surface area contributed by atoms with Gasteiger partial charge in [-0.1, -0.05) is 6.08 Å². The highest BCUT2D eigenvalue weighted by Gasteiger charge is 2.21. The van der Waals surface area contributed by atoms with Crippen LogP contribution in [0.2, 0.25) is 0 Å². The van der Waals surface area contributed by atoms with Gasteiger partial charge in [-0.25, -0.2) is 4.79 Å². The highest BCUT2D eigenvalue weighted by atomic mass is 36.0. The molecule has 0 N–H and O–H groups in total. The number of carbonyl (C=O) groups excluding carboxylic acids is 1. The van der Waals surface area contributed by atoms with Crippen LogP contribution in [0.5, 0.6) is 0 Å². The van der Waals surface area contributed by atoms with Gasteiger partial charge < -0.3 is 0 Å². The molecule has 7 nitrogen and oxygen atoms in total. The molecular formula is C9H10Cl2N2O5S. The molecule has 1 aliphatic carbocycles. The van der Waals surface area contributed by atoms with Crippen LogP contribution in [-0.2, 0) is 13.1 Å². The van der Waals surface area contributed by atoms with Crippen molar-refractivity contribution in [3.05, 3.63) is 39.6 Å². The van der Waals surface area contributed by atoms with Crippen LogP contribution < -0.4 is 0 Å². The fourth-order valence-electron chi connectivity index (χ4n) is 1.24. The predicted molar refractivity (Wildman–Crippen MR) is 71.5 cm³/mol. The lowest BCUT2D eigenvalue weighted by Crippen LogP contribution is -2.29. The molecule has 1 rings (SSSR count). The third kappa shape index (κ3) is 7.76. The van der Waals surface area contributed by atoms with Gasteiger partial charge in [0.1, 0.15) is 5.94 Å². The van der Waals surface area contributed by atoms with Crippen LogP contribution in [0.4, 0.5) is 0 Å². The van der Waals surface area contributed by atoms with Crippen molar-refractivity contribution in [3.63, 3.8) is 0 Å². The van der Waals surface area contributed by atoms with Crippen LogP contribution in [-0.4, -0.2) is 44.3 Å². The van der Waals surface area contributed by atoms with Crippen molar-refractivity contribution in [2.75, 3.05) is 14.1 Å². The molecule has 0 amide bonds. The summed E-state index contributed by atoms with van der Waals surface area (Å²) in [6, 6.07) is -0.226. The molecule has 0 heterocycles. The van der Waals surface area contributed by atoms with E-state index in [2.05, 4.69) is 21.4 Å². The van der Waals surface area contributed by atoms with E-state index in [1.54, 1.807) is 31.0 Å². The molecule has 1 unspecified atom stereocenters. The maximum Gasteiger partial charge on any atom is 0.317 e. The number of halogens is 2. The summed E-state index contributed by atoms with van der Waals surface area (Å²) in [7, 11) is 8.39. The molecule has 1 aliphatic rings. The van der Waals surface area contributed by atoms with Crippen LogP contribution in [0.3, 0.4) is 0 Å². The van der Waals surface area contributed by atoms with Crippen LogP contribution in [0.1, 0.15) is 0 Å². The molecule has 0 radical (unpaired) electrons. The van der Waals surface area contributed by atoms with Crippen molar-refractivity contribution in [2.24, 2.45) is 0 Å². The topological polar surface area (TPSA) is 97.6 Å². The summed E-state index contributed by atoms with van der Waals surface area (Å²) in [6.45, 7) is 0. The van der Waals surface area contributed by atoms with Gasteiger partial charge in [0.15, 0.2) is 0 Å². The SMILES string of the molecule is CN(C)C1C=CC([N+](=O)[O-])=CC1=C=O.O=S(=O)(Cl)Cl. The smallest absolute Gasteiger partial charge is 0.298 e. The van der Waals surface area contributed by atoms with Gasteiger partial charge in [0.05, 0.1) is 16.5 Å². The van der Waals surface area contributed by atoms with E-state index in [0.717, 1.165) is 0 Å². The quantitative estimate of drug-likeness (QED) is 0.326. The monoisotopic (exact) mass is 328 g/mol. The first-order valence-electron chi connectivity index (χ1n) is 4.66. The zero-order valence-electron chi connectivity index (χ0n) is 9.91. The Morgan fingerprint density at radius 3 is 2.21 bits per heavy atom. The Hall–Kier alpha value is -1.18. The van der Waals surface area contributed by atoms with E-state index in [0.29, 0.717) is 0 Å². The van der Waals surface area contributed by atoms with Gasteiger partial charge in [-0.05, 0) is 14.1 Å². The summed E-state index contributed by atoms with van der Waals surface area (Å²) in [5.41, 5.74) is 0.200. The number of likely N-dealkylation sites (N-methyl/N-ethyl adjacent to an activating group) is 1. The number of hydrogen-bond acceptors (Lipinski definition) is 6. The molecule has 19 heavy (non-hydrogen) atoms. The Labute approximate surface area is 118 Å². The lowest BCUT2D eigenvalue weighted by Gasteiger charge is -2.21. The van der Waals surface area contributed by atoms with Gasteiger partial charge in [-0.15, -0.1) is 0 Å². The molecular weight excluding hydrogens is 319 g/mol. The molecule has 0 fully saturated rings. The summed E-state index contributed by atoms with van der Waals surface area (Å²) in [5, 5.41) is 10.4. The molecule has 0 aromatic rings. The molecule has 0 aromatic heterocycles. The summed E-state index contributed by atoms with van der Waals surface area (Å²) in [4.78, 5) is 22.2. The first-order valence-corrected chi connectivity index (χ1v) is 7.79. The molecule has 0 saturated carbocycles. The van der Waals surface area contributed by atoms with Gasteiger partial charge in [0, 0.05) is 33.5 Å². The number of nitro groups is 1. The maximum absolute atomic E-state index is 10.6.